The van der Waals surface area contributed by atoms with Gasteiger partial charge >= 0.3 is 0 Å². The largest absolute Gasteiger partial charge is 0.463 e. The Morgan fingerprint density at radius 2 is 2.16 bits per heavy atom. The molecule has 5 rings (SSSR count). The number of hydrogen-bond donors (Lipinski definition) is 0. The summed E-state index contributed by atoms with van der Waals surface area (Å²) < 4.78 is 6.63. The molecule has 32 heavy (non-hydrogen) atoms. The highest BCUT2D eigenvalue weighted by molar-refractivity contribution is 7.10. The molecule has 1 unspecified atom stereocenters. The van der Waals surface area contributed by atoms with Gasteiger partial charge in [0.1, 0.15) is 18.0 Å². The van der Waals surface area contributed by atoms with Crippen LogP contribution in [-0.2, 0) is 11.3 Å². The summed E-state index contributed by atoms with van der Waals surface area (Å²) in [5.74, 6) is 0.211. The van der Waals surface area contributed by atoms with Gasteiger partial charge in [0.2, 0.25) is 0 Å². The monoisotopic (exact) mass is 449 g/mol. The average molecular weight is 449 g/mol. The predicted octanol–water partition coefficient (Wildman–Crippen LogP) is 3.34. The Hall–Kier alpha value is -4.12. The van der Waals surface area contributed by atoms with Crippen molar-refractivity contribution in [2.24, 2.45) is 5.10 Å². The van der Waals surface area contributed by atoms with Gasteiger partial charge in [-0.15, -0.1) is 11.3 Å². The average Bonchev–Trinajstić information content (AvgIpc) is 3.55. The lowest BCUT2D eigenvalue weighted by Gasteiger charge is -2.21. The molecule has 3 aromatic heterocycles. The molecule has 0 N–H and O–H groups in total. The zero-order valence-corrected chi connectivity index (χ0v) is 17.3. The lowest BCUT2D eigenvalue weighted by molar-refractivity contribution is -0.384. The van der Waals surface area contributed by atoms with Crippen LogP contribution in [0.3, 0.4) is 0 Å². The highest BCUT2D eigenvalue weighted by atomic mass is 32.1. The van der Waals surface area contributed by atoms with E-state index in [9.17, 15) is 19.7 Å². The molecule has 11 heteroatoms. The molecule has 0 aliphatic carbocycles. The fourth-order valence-corrected chi connectivity index (χ4v) is 4.44. The summed E-state index contributed by atoms with van der Waals surface area (Å²) >= 11 is 1.52. The van der Waals surface area contributed by atoms with Crippen LogP contribution < -0.4 is 5.56 Å². The fourth-order valence-electron chi connectivity index (χ4n) is 3.63. The minimum atomic E-state index is -0.553. The third kappa shape index (κ3) is 3.48. The number of carbonyl (C=O) groups excluding carboxylic acids is 1. The summed E-state index contributed by atoms with van der Waals surface area (Å²) in [5.41, 5.74) is 0.232. The van der Waals surface area contributed by atoms with Gasteiger partial charge in [-0.25, -0.2) is 9.99 Å². The van der Waals surface area contributed by atoms with Crippen molar-refractivity contribution in [2.45, 2.75) is 19.0 Å². The molecular formula is C21H15N5O5S. The van der Waals surface area contributed by atoms with E-state index in [1.807, 2.05) is 17.5 Å². The molecule has 4 heterocycles. The Morgan fingerprint density at radius 1 is 1.28 bits per heavy atom. The van der Waals surface area contributed by atoms with Gasteiger partial charge in [0.15, 0.2) is 0 Å². The summed E-state index contributed by atoms with van der Waals surface area (Å²) in [6.07, 6.45) is 3.26. The van der Waals surface area contributed by atoms with E-state index in [2.05, 4.69) is 10.1 Å². The first-order valence-electron chi connectivity index (χ1n) is 9.61. The zero-order chi connectivity index (χ0) is 22.2. The number of nitrogens with zero attached hydrogens (tertiary/aromatic N) is 5. The second-order valence-corrected chi connectivity index (χ2v) is 8.11. The number of benzene rings is 1. The van der Waals surface area contributed by atoms with Gasteiger partial charge < -0.3 is 4.42 Å². The van der Waals surface area contributed by atoms with Crippen molar-refractivity contribution in [3.8, 4) is 0 Å². The molecule has 0 fully saturated rings. The lowest BCUT2D eigenvalue weighted by atomic mass is 10.1. The minimum absolute atomic E-state index is 0.158. The van der Waals surface area contributed by atoms with Crippen LogP contribution in [0.5, 0.6) is 0 Å². The lowest BCUT2D eigenvalue weighted by Crippen LogP contribution is -2.33. The van der Waals surface area contributed by atoms with E-state index < -0.39 is 10.5 Å². The van der Waals surface area contributed by atoms with E-state index in [1.54, 1.807) is 18.4 Å². The molecule has 1 aliphatic rings. The van der Waals surface area contributed by atoms with Crippen LogP contribution in [0.1, 0.15) is 23.1 Å². The number of furan rings is 1. The number of hydrazone groups is 1. The van der Waals surface area contributed by atoms with E-state index in [4.69, 9.17) is 4.42 Å². The van der Waals surface area contributed by atoms with Gasteiger partial charge in [-0.1, -0.05) is 6.07 Å². The van der Waals surface area contributed by atoms with Crippen LogP contribution in [-0.4, -0.2) is 31.1 Å². The molecule has 10 nitrogen and oxygen atoms in total. The molecule has 1 aromatic carbocycles. The number of nitro benzene ring substituents is 1. The van der Waals surface area contributed by atoms with Crippen molar-refractivity contribution in [1.29, 1.82) is 0 Å². The highest BCUT2D eigenvalue weighted by Gasteiger charge is 2.34. The van der Waals surface area contributed by atoms with Crippen molar-refractivity contribution < 1.29 is 14.1 Å². The van der Waals surface area contributed by atoms with Crippen molar-refractivity contribution >= 4 is 39.5 Å². The van der Waals surface area contributed by atoms with Crippen LogP contribution in [0.15, 0.2) is 74.7 Å². The minimum Gasteiger partial charge on any atom is -0.463 e. The Kier molecular flexibility index (Phi) is 4.86. The molecule has 160 valence electrons. The molecule has 0 bridgehead atoms. The van der Waals surface area contributed by atoms with E-state index in [1.165, 1.54) is 45.4 Å². The van der Waals surface area contributed by atoms with E-state index in [0.29, 0.717) is 17.9 Å². The van der Waals surface area contributed by atoms with Crippen molar-refractivity contribution in [3.05, 3.63) is 91.5 Å². The maximum Gasteiger partial charge on any atom is 0.271 e. The number of amides is 1. The van der Waals surface area contributed by atoms with Gasteiger partial charge in [0.05, 0.1) is 34.5 Å². The van der Waals surface area contributed by atoms with Crippen LogP contribution in [0.4, 0.5) is 5.69 Å². The van der Waals surface area contributed by atoms with Crippen LogP contribution in [0.2, 0.25) is 0 Å². The first kappa shape index (κ1) is 19.8. The SMILES string of the molecule is O=C(Cn1cnc2cc([N+](=O)[O-])ccc2c1=O)N1N=C(c2ccco2)CC1c1cccs1. The third-order valence-corrected chi connectivity index (χ3v) is 6.14. The summed E-state index contributed by atoms with van der Waals surface area (Å²) in [6, 6.07) is 10.9. The van der Waals surface area contributed by atoms with E-state index in [-0.39, 0.29) is 35.1 Å². The molecular weight excluding hydrogens is 434 g/mol. The Bertz CT molecular complexity index is 1410. The Labute approximate surface area is 184 Å². The predicted molar refractivity (Wildman–Crippen MR) is 116 cm³/mol. The van der Waals surface area contributed by atoms with Crippen molar-refractivity contribution in [2.75, 3.05) is 0 Å². The highest BCUT2D eigenvalue weighted by Crippen LogP contribution is 2.35. The summed E-state index contributed by atoms with van der Waals surface area (Å²) in [4.78, 5) is 41.5. The third-order valence-electron chi connectivity index (χ3n) is 5.17. The molecule has 1 aliphatic heterocycles. The van der Waals surface area contributed by atoms with Gasteiger partial charge in [-0.05, 0) is 29.6 Å². The number of carbonyl (C=O) groups is 1. The number of fused-ring (bicyclic) bond motifs is 1. The van der Waals surface area contributed by atoms with E-state index >= 15 is 0 Å². The first-order valence-corrected chi connectivity index (χ1v) is 10.5. The van der Waals surface area contributed by atoms with Gasteiger partial charge in [-0.3, -0.25) is 24.3 Å². The van der Waals surface area contributed by atoms with Gasteiger partial charge in [0, 0.05) is 23.4 Å². The number of aromatic nitrogens is 2. The number of rotatable bonds is 5. The standard InChI is InChI=1S/C21H15N5O5S/c27-20(11-24-12-22-15-9-13(26(29)30)5-6-14(15)21(24)28)25-17(19-4-2-8-32-19)10-16(23-25)18-3-1-7-31-18/h1-9,12,17H,10-11H2. The summed E-state index contributed by atoms with van der Waals surface area (Å²) in [6.45, 7) is -0.268. The molecule has 0 radical (unpaired) electrons. The number of non-ortho nitro benzene ring substituents is 1. The number of hydrogen-bond acceptors (Lipinski definition) is 8. The molecule has 1 amide bonds. The smallest absolute Gasteiger partial charge is 0.271 e. The summed E-state index contributed by atoms with van der Waals surface area (Å²) in [5, 5.41) is 19.0. The maximum atomic E-state index is 13.2. The summed E-state index contributed by atoms with van der Waals surface area (Å²) in [7, 11) is 0. The van der Waals surface area contributed by atoms with Gasteiger partial charge in [0.25, 0.3) is 17.2 Å². The topological polar surface area (TPSA) is 124 Å². The van der Waals surface area contributed by atoms with Crippen LogP contribution in [0.25, 0.3) is 10.9 Å². The molecule has 4 aromatic rings. The van der Waals surface area contributed by atoms with Crippen LogP contribution in [0, 0.1) is 10.1 Å². The van der Waals surface area contributed by atoms with Crippen molar-refractivity contribution in [1.82, 2.24) is 14.6 Å². The second kappa shape index (κ2) is 7.85. The number of thiophene rings is 1. The fraction of sp³-hybridized carbons (Fsp3) is 0.143. The molecule has 0 saturated carbocycles. The maximum absolute atomic E-state index is 13.2. The Balaban J connectivity index is 1.46. The van der Waals surface area contributed by atoms with Gasteiger partial charge in [-0.2, -0.15) is 5.10 Å². The van der Waals surface area contributed by atoms with Crippen LogP contribution >= 0.6 is 11.3 Å². The normalized spacial score (nSPS) is 15.8. The van der Waals surface area contributed by atoms with E-state index in [0.717, 1.165) is 4.88 Å². The van der Waals surface area contributed by atoms with Crippen molar-refractivity contribution in [3.63, 3.8) is 0 Å². The molecule has 0 spiro atoms. The molecule has 1 atom stereocenters. The quantitative estimate of drug-likeness (QED) is 0.340. The first-order chi connectivity index (χ1) is 15.5. The number of nitro groups is 1. The molecule has 0 saturated heterocycles. The zero-order valence-electron chi connectivity index (χ0n) is 16.5. The second-order valence-electron chi connectivity index (χ2n) is 7.13. The Morgan fingerprint density at radius 3 is 2.88 bits per heavy atom.